The monoisotopic (exact) mass is 190 g/mol. The number of aliphatic hydroxyl groups excluding tert-OH is 3. The first kappa shape index (κ1) is 9.90. The van der Waals surface area contributed by atoms with Gasteiger partial charge in [-0.1, -0.05) is 0 Å². The van der Waals surface area contributed by atoms with Gasteiger partial charge >= 0.3 is 6.03 Å². The molecule has 0 saturated carbocycles. The summed E-state index contributed by atoms with van der Waals surface area (Å²) in [5.41, 5.74) is 0. The minimum atomic E-state index is -1.50. The number of nitrogens with one attached hydrogen (secondary N) is 2. The number of hydrogen-bond donors (Lipinski definition) is 5. The van der Waals surface area contributed by atoms with E-state index in [-0.39, 0.29) is 0 Å². The van der Waals surface area contributed by atoms with Gasteiger partial charge in [0.2, 0.25) is 0 Å². The topological polar surface area (TPSA) is 119 Å². The fourth-order valence-electron chi connectivity index (χ4n) is 1.00. The molecule has 1 saturated heterocycles. The van der Waals surface area contributed by atoms with Crippen LogP contribution in [0.25, 0.3) is 0 Å². The van der Waals surface area contributed by atoms with Crippen LogP contribution in [0.5, 0.6) is 0 Å². The van der Waals surface area contributed by atoms with Crippen LogP contribution in [-0.2, 0) is 4.79 Å². The van der Waals surface area contributed by atoms with E-state index in [9.17, 15) is 14.7 Å². The van der Waals surface area contributed by atoms with Crippen molar-refractivity contribution in [1.29, 1.82) is 0 Å². The van der Waals surface area contributed by atoms with Crippen molar-refractivity contribution in [3.05, 3.63) is 0 Å². The van der Waals surface area contributed by atoms with Gasteiger partial charge in [0.1, 0.15) is 18.2 Å². The normalized spacial score (nSPS) is 26.5. The number of hydrogen-bond acceptors (Lipinski definition) is 5. The minimum absolute atomic E-state index is 0.680. The summed E-state index contributed by atoms with van der Waals surface area (Å²) < 4.78 is 0. The Labute approximate surface area is 73.4 Å². The molecule has 1 fully saturated rings. The average Bonchev–Trinajstić information content (AvgIpc) is 2.42. The number of amides is 3. The van der Waals surface area contributed by atoms with E-state index >= 15 is 0 Å². The van der Waals surface area contributed by atoms with Crippen LogP contribution in [0, 0.1) is 0 Å². The third-order valence-corrected chi connectivity index (χ3v) is 1.73. The van der Waals surface area contributed by atoms with E-state index in [0.717, 1.165) is 0 Å². The molecule has 3 amide bonds. The predicted molar refractivity (Wildman–Crippen MR) is 39.6 cm³/mol. The molecule has 0 unspecified atom stereocenters. The lowest BCUT2D eigenvalue weighted by Gasteiger charge is -2.19. The largest absolute Gasteiger partial charge is 0.394 e. The molecule has 1 aliphatic rings. The van der Waals surface area contributed by atoms with Crippen LogP contribution < -0.4 is 10.6 Å². The van der Waals surface area contributed by atoms with E-state index in [1.807, 2.05) is 5.32 Å². The second-order valence-electron chi connectivity index (χ2n) is 2.68. The summed E-state index contributed by atoms with van der Waals surface area (Å²) in [7, 11) is 0. The average molecular weight is 190 g/mol. The molecular formula is C6H10N2O5. The van der Waals surface area contributed by atoms with Gasteiger partial charge in [-0.2, -0.15) is 0 Å². The lowest BCUT2D eigenvalue weighted by atomic mass is 10.1. The van der Waals surface area contributed by atoms with Crippen molar-refractivity contribution in [3.8, 4) is 0 Å². The molecule has 3 atom stereocenters. The maximum Gasteiger partial charge on any atom is 0.322 e. The van der Waals surface area contributed by atoms with Crippen molar-refractivity contribution < 1.29 is 24.9 Å². The molecule has 1 heterocycles. The van der Waals surface area contributed by atoms with E-state index in [0.29, 0.717) is 0 Å². The van der Waals surface area contributed by atoms with Gasteiger partial charge in [0, 0.05) is 0 Å². The summed E-state index contributed by atoms with van der Waals surface area (Å²) in [6, 6.07) is -1.92. The molecule has 0 bridgehead atoms. The fraction of sp³-hybridized carbons (Fsp3) is 0.667. The molecule has 1 rings (SSSR count). The lowest BCUT2D eigenvalue weighted by Crippen LogP contribution is -2.48. The number of rotatable bonds is 3. The molecule has 1 aliphatic heterocycles. The minimum Gasteiger partial charge on any atom is -0.394 e. The van der Waals surface area contributed by atoms with Gasteiger partial charge in [-0.15, -0.1) is 0 Å². The molecular weight excluding hydrogens is 180 g/mol. The van der Waals surface area contributed by atoms with Gasteiger partial charge in [-0.05, 0) is 0 Å². The zero-order chi connectivity index (χ0) is 10.0. The van der Waals surface area contributed by atoms with Crippen LogP contribution in [0.1, 0.15) is 0 Å². The lowest BCUT2D eigenvalue weighted by molar-refractivity contribution is -0.125. The van der Waals surface area contributed by atoms with Gasteiger partial charge in [-0.25, -0.2) is 4.79 Å². The van der Waals surface area contributed by atoms with Crippen molar-refractivity contribution >= 4 is 11.9 Å². The number of imide groups is 1. The summed E-state index contributed by atoms with van der Waals surface area (Å²) in [4.78, 5) is 21.5. The van der Waals surface area contributed by atoms with Gasteiger partial charge in [-0.3, -0.25) is 10.1 Å². The van der Waals surface area contributed by atoms with Gasteiger partial charge in [0.25, 0.3) is 5.91 Å². The highest BCUT2D eigenvalue weighted by Gasteiger charge is 2.38. The third kappa shape index (κ3) is 1.94. The first-order valence-corrected chi connectivity index (χ1v) is 3.64. The molecule has 5 N–H and O–H groups in total. The molecule has 0 radical (unpaired) electrons. The molecule has 7 nitrogen and oxygen atoms in total. The number of urea groups is 1. The van der Waals surface area contributed by atoms with E-state index in [1.54, 1.807) is 0 Å². The molecule has 13 heavy (non-hydrogen) atoms. The van der Waals surface area contributed by atoms with Crippen LogP contribution >= 0.6 is 0 Å². The molecule has 0 aromatic heterocycles. The summed E-state index contributed by atoms with van der Waals surface area (Å²) >= 11 is 0. The van der Waals surface area contributed by atoms with E-state index in [1.165, 1.54) is 0 Å². The van der Waals surface area contributed by atoms with Gasteiger partial charge < -0.3 is 20.6 Å². The summed E-state index contributed by atoms with van der Waals surface area (Å²) in [6.45, 7) is -0.680. The Balaban J connectivity index is 2.61. The Morgan fingerprint density at radius 3 is 2.38 bits per heavy atom. The molecule has 74 valence electrons. The molecule has 7 heteroatoms. The highest BCUT2D eigenvalue weighted by atomic mass is 16.4. The summed E-state index contributed by atoms with van der Waals surface area (Å²) in [5.74, 6) is -0.718. The molecule has 0 aliphatic carbocycles. The zero-order valence-corrected chi connectivity index (χ0v) is 6.60. The Kier molecular flexibility index (Phi) is 2.81. The maximum atomic E-state index is 10.9. The van der Waals surface area contributed by atoms with E-state index in [2.05, 4.69) is 5.32 Å². The van der Waals surface area contributed by atoms with Crippen molar-refractivity contribution in [2.24, 2.45) is 0 Å². The fourth-order valence-corrected chi connectivity index (χ4v) is 1.00. The Morgan fingerprint density at radius 1 is 1.38 bits per heavy atom. The summed E-state index contributed by atoms with van der Waals surface area (Å²) in [5, 5.41) is 30.6. The summed E-state index contributed by atoms with van der Waals surface area (Å²) in [6.07, 6.45) is -2.95. The molecule has 0 aromatic carbocycles. The van der Waals surface area contributed by atoms with Crippen LogP contribution in [-0.4, -0.2) is 52.1 Å². The van der Waals surface area contributed by atoms with Crippen LogP contribution in [0.2, 0.25) is 0 Å². The number of carbonyl (C=O) groups excluding carboxylic acids is 2. The van der Waals surface area contributed by atoms with Gasteiger partial charge in [0.15, 0.2) is 0 Å². The zero-order valence-electron chi connectivity index (χ0n) is 6.60. The first-order valence-electron chi connectivity index (χ1n) is 3.64. The Bertz CT molecular complexity index is 231. The maximum absolute atomic E-state index is 10.9. The van der Waals surface area contributed by atoms with Crippen molar-refractivity contribution in [2.75, 3.05) is 6.61 Å². The second-order valence-corrected chi connectivity index (χ2v) is 2.68. The van der Waals surface area contributed by atoms with Crippen molar-refractivity contribution in [1.82, 2.24) is 10.6 Å². The predicted octanol–water partition coefficient (Wildman–Crippen LogP) is -3.09. The van der Waals surface area contributed by atoms with Crippen LogP contribution in [0.3, 0.4) is 0 Å². The SMILES string of the molecule is O=C1NC(=O)[C@H]([C@@H](O)[C@H](O)CO)N1. The van der Waals surface area contributed by atoms with Crippen LogP contribution in [0.15, 0.2) is 0 Å². The highest BCUT2D eigenvalue weighted by molar-refractivity contribution is 6.04. The second kappa shape index (κ2) is 3.69. The standard InChI is InChI=1S/C6H10N2O5/c9-1-2(10)4(11)3-5(12)8-6(13)7-3/h2-4,9-11H,1H2,(H2,7,8,12,13)/t2-,3+,4+/m1/s1. The quantitative estimate of drug-likeness (QED) is 0.302. The smallest absolute Gasteiger partial charge is 0.322 e. The third-order valence-electron chi connectivity index (χ3n) is 1.73. The van der Waals surface area contributed by atoms with E-state index < -0.39 is 36.8 Å². The molecule has 0 spiro atoms. The van der Waals surface area contributed by atoms with Crippen molar-refractivity contribution in [2.45, 2.75) is 18.2 Å². The Morgan fingerprint density at radius 2 is 2.00 bits per heavy atom. The van der Waals surface area contributed by atoms with Crippen LogP contribution in [0.4, 0.5) is 4.79 Å². The number of aliphatic hydroxyl groups is 3. The Hall–Kier alpha value is -1.18. The van der Waals surface area contributed by atoms with Crippen molar-refractivity contribution in [3.63, 3.8) is 0 Å². The highest BCUT2D eigenvalue weighted by Crippen LogP contribution is 2.04. The number of carbonyl (C=O) groups is 2. The van der Waals surface area contributed by atoms with Gasteiger partial charge in [0.05, 0.1) is 6.61 Å². The molecule has 0 aromatic rings. The first-order chi connectivity index (χ1) is 6.06. The van der Waals surface area contributed by atoms with E-state index in [4.69, 9.17) is 10.2 Å².